The second-order valence-corrected chi connectivity index (χ2v) is 10.1. The van der Waals surface area contributed by atoms with Gasteiger partial charge in [-0.3, -0.25) is 19.4 Å². The van der Waals surface area contributed by atoms with Crippen LogP contribution < -0.4 is 15.5 Å². The van der Waals surface area contributed by atoms with E-state index in [9.17, 15) is 19.5 Å². The number of hydrogen-bond acceptors (Lipinski definition) is 6. The molecule has 0 saturated carbocycles. The van der Waals surface area contributed by atoms with Crippen molar-refractivity contribution in [3.63, 3.8) is 0 Å². The minimum absolute atomic E-state index is 0.0686. The van der Waals surface area contributed by atoms with Gasteiger partial charge in [0.2, 0.25) is 11.8 Å². The first-order valence-electron chi connectivity index (χ1n) is 12.0. The van der Waals surface area contributed by atoms with Gasteiger partial charge in [-0.05, 0) is 58.1 Å². The van der Waals surface area contributed by atoms with E-state index < -0.39 is 17.9 Å². The molecule has 3 N–H and O–H groups in total. The van der Waals surface area contributed by atoms with Gasteiger partial charge in [-0.25, -0.2) is 0 Å². The maximum atomic E-state index is 13.0. The number of carboxylic acid groups (broad SMARTS) is 1. The van der Waals surface area contributed by atoms with Crippen LogP contribution in [0.1, 0.15) is 29.3 Å². The molecule has 8 nitrogen and oxygen atoms in total. The summed E-state index contributed by atoms with van der Waals surface area (Å²) < 4.78 is 0. The summed E-state index contributed by atoms with van der Waals surface area (Å²) in [5.74, 6) is -2.08. The Morgan fingerprint density at radius 1 is 1.11 bits per heavy atom. The molecule has 1 fully saturated rings. The van der Waals surface area contributed by atoms with Crippen molar-refractivity contribution < 1.29 is 19.5 Å². The summed E-state index contributed by atoms with van der Waals surface area (Å²) in [6.07, 6.45) is 2.93. The number of aliphatic carboxylic acids is 1. The van der Waals surface area contributed by atoms with E-state index in [0.717, 1.165) is 28.7 Å². The van der Waals surface area contributed by atoms with Gasteiger partial charge >= 0.3 is 5.97 Å². The quantitative estimate of drug-likeness (QED) is 0.301. The fraction of sp³-hybridized carbons (Fsp3) is 0.214. The Hall–Kier alpha value is -4.24. The zero-order chi connectivity index (χ0) is 25.8. The normalized spacial score (nSPS) is 16.1. The van der Waals surface area contributed by atoms with Crippen LogP contribution in [0.15, 0.2) is 78.4 Å². The lowest BCUT2D eigenvalue weighted by Gasteiger charge is -2.20. The number of nitrogens with zero attached hydrogens (tertiary/aromatic N) is 2. The molecule has 0 bridgehead atoms. The second kappa shape index (κ2) is 10.8. The third-order valence-corrected chi connectivity index (χ3v) is 7.34. The maximum absolute atomic E-state index is 13.0. The number of carbonyl (C=O) groups is 3. The zero-order valence-corrected chi connectivity index (χ0v) is 20.8. The van der Waals surface area contributed by atoms with E-state index in [-0.39, 0.29) is 31.2 Å². The van der Waals surface area contributed by atoms with Crippen LogP contribution in [-0.4, -0.2) is 34.4 Å². The SMILES string of the molecule is O=C(O)CC(NC(=O)C1CC(=O)N(c2ccc3ccc(NCc4cccs4)cc3c2)C1)c1cccnc1. The Balaban J connectivity index is 1.29. The standard InChI is InChI=1S/C28H26N4O4S/c33-26-13-21(28(36)31-25(14-27(34)35)19-3-1-9-29-15-19)17-32(26)23-8-6-18-5-7-22(11-20(18)12-23)30-16-24-4-2-10-37-24/h1-12,15,21,25,30H,13-14,16-17H2,(H,31,36)(H,34,35). The van der Waals surface area contributed by atoms with Crippen LogP contribution in [0.25, 0.3) is 10.8 Å². The monoisotopic (exact) mass is 514 g/mol. The number of fused-ring (bicyclic) bond motifs is 1. The Bertz CT molecular complexity index is 1420. The molecule has 0 aliphatic carbocycles. The highest BCUT2D eigenvalue weighted by atomic mass is 32.1. The van der Waals surface area contributed by atoms with Crippen LogP contribution in [0.4, 0.5) is 11.4 Å². The van der Waals surface area contributed by atoms with E-state index in [1.165, 1.54) is 4.88 Å². The van der Waals surface area contributed by atoms with Crippen molar-refractivity contribution in [3.05, 3.63) is 88.9 Å². The Labute approximate surface area is 218 Å². The van der Waals surface area contributed by atoms with Crippen LogP contribution >= 0.6 is 11.3 Å². The van der Waals surface area contributed by atoms with Crippen LogP contribution in [0.5, 0.6) is 0 Å². The molecule has 37 heavy (non-hydrogen) atoms. The van der Waals surface area contributed by atoms with E-state index in [4.69, 9.17) is 0 Å². The summed E-state index contributed by atoms with van der Waals surface area (Å²) in [5, 5.41) is 19.7. The number of rotatable bonds is 9. The number of hydrogen-bond donors (Lipinski definition) is 3. The molecule has 4 aromatic rings. The summed E-state index contributed by atoms with van der Waals surface area (Å²) in [6.45, 7) is 0.978. The second-order valence-electron chi connectivity index (χ2n) is 9.03. The van der Waals surface area contributed by atoms with E-state index in [0.29, 0.717) is 5.56 Å². The number of benzene rings is 2. The van der Waals surface area contributed by atoms with Crippen molar-refractivity contribution in [1.82, 2.24) is 10.3 Å². The predicted octanol–water partition coefficient (Wildman–Crippen LogP) is 4.59. The highest BCUT2D eigenvalue weighted by Crippen LogP contribution is 2.30. The van der Waals surface area contributed by atoms with E-state index in [1.54, 1.807) is 40.8 Å². The average molecular weight is 515 g/mol. The van der Waals surface area contributed by atoms with Crippen molar-refractivity contribution in [2.24, 2.45) is 5.92 Å². The lowest BCUT2D eigenvalue weighted by molar-refractivity contribution is -0.138. The van der Waals surface area contributed by atoms with Crippen LogP contribution in [0, 0.1) is 5.92 Å². The Kier molecular flexibility index (Phi) is 7.14. The minimum atomic E-state index is -1.03. The summed E-state index contributed by atoms with van der Waals surface area (Å²) in [7, 11) is 0. The number of carboxylic acids is 1. The summed E-state index contributed by atoms with van der Waals surface area (Å²) in [5.41, 5.74) is 2.33. The molecule has 188 valence electrons. The van der Waals surface area contributed by atoms with Crippen LogP contribution in [-0.2, 0) is 20.9 Å². The Morgan fingerprint density at radius 2 is 1.97 bits per heavy atom. The number of amides is 2. The molecule has 0 radical (unpaired) electrons. The van der Waals surface area contributed by atoms with E-state index in [2.05, 4.69) is 33.1 Å². The summed E-state index contributed by atoms with van der Waals surface area (Å²) in [4.78, 5) is 44.2. The lowest BCUT2D eigenvalue weighted by atomic mass is 10.0. The molecular weight excluding hydrogens is 488 g/mol. The summed E-state index contributed by atoms with van der Waals surface area (Å²) >= 11 is 1.70. The van der Waals surface area contributed by atoms with Crippen LogP contribution in [0.2, 0.25) is 0 Å². The van der Waals surface area contributed by atoms with Crippen molar-refractivity contribution in [2.75, 3.05) is 16.8 Å². The fourth-order valence-electron chi connectivity index (χ4n) is 4.55. The van der Waals surface area contributed by atoms with Gasteiger partial charge in [0.25, 0.3) is 0 Å². The largest absolute Gasteiger partial charge is 0.481 e. The first-order chi connectivity index (χ1) is 18.0. The molecule has 5 rings (SSSR count). The third-order valence-electron chi connectivity index (χ3n) is 6.46. The number of pyridine rings is 1. The van der Waals surface area contributed by atoms with Gasteiger partial charge in [-0.15, -0.1) is 11.3 Å². The first-order valence-corrected chi connectivity index (χ1v) is 12.9. The van der Waals surface area contributed by atoms with E-state index >= 15 is 0 Å². The highest BCUT2D eigenvalue weighted by Gasteiger charge is 2.36. The molecule has 2 atom stereocenters. The molecular formula is C28H26N4O4S. The molecule has 2 aromatic heterocycles. The molecule has 1 aliphatic heterocycles. The lowest BCUT2D eigenvalue weighted by Crippen LogP contribution is -2.36. The fourth-order valence-corrected chi connectivity index (χ4v) is 5.19. The van der Waals surface area contributed by atoms with E-state index in [1.807, 2.05) is 36.4 Å². The number of thiophene rings is 1. The van der Waals surface area contributed by atoms with Gasteiger partial charge in [0.1, 0.15) is 0 Å². The topological polar surface area (TPSA) is 112 Å². The van der Waals surface area contributed by atoms with Gasteiger partial charge < -0.3 is 20.6 Å². The first kappa shape index (κ1) is 24.5. The number of aromatic nitrogens is 1. The van der Waals surface area contributed by atoms with Gasteiger partial charge in [0, 0.05) is 48.2 Å². The van der Waals surface area contributed by atoms with Gasteiger partial charge in [-0.2, -0.15) is 0 Å². The molecule has 1 saturated heterocycles. The highest BCUT2D eigenvalue weighted by molar-refractivity contribution is 7.09. The Morgan fingerprint density at radius 3 is 2.73 bits per heavy atom. The maximum Gasteiger partial charge on any atom is 0.305 e. The molecule has 2 unspecified atom stereocenters. The molecule has 1 aliphatic rings. The minimum Gasteiger partial charge on any atom is -0.481 e. The molecule has 3 heterocycles. The molecule has 0 spiro atoms. The molecule has 2 amide bonds. The van der Waals surface area contributed by atoms with Gasteiger partial charge in [0.15, 0.2) is 0 Å². The van der Waals surface area contributed by atoms with Crippen molar-refractivity contribution in [3.8, 4) is 0 Å². The van der Waals surface area contributed by atoms with Crippen LogP contribution in [0.3, 0.4) is 0 Å². The zero-order valence-electron chi connectivity index (χ0n) is 20.0. The van der Waals surface area contributed by atoms with Crippen molar-refractivity contribution >= 4 is 51.3 Å². The molecule has 2 aromatic carbocycles. The number of carbonyl (C=O) groups excluding carboxylic acids is 2. The summed E-state index contributed by atoms with van der Waals surface area (Å²) in [6, 6.07) is 18.8. The van der Waals surface area contributed by atoms with Crippen molar-refractivity contribution in [1.29, 1.82) is 0 Å². The van der Waals surface area contributed by atoms with Gasteiger partial charge in [0.05, 0.1) is 18.4 Å². The van der Waals surface area contributed by atoms with Crippen molar-refractivity contribution in [2.45, 2.75) is 25.4 Å². The number of nitrogens with one attached hydrogen (secondary N) is 2. The smallest absolute Gasteiger partial charge is 0.305 e. The average Bonchev–Trinajstić information content (AvgIpc) is 3.56. The third kappa shape index (κ3) is 5.78. The number of anilines is 2. The molecule has 9 heteroatoms. The van der Waals surface area contributed by atoms with Gasteiger partial charge in [-0.1, -0.05) is 24.3 Å². The predicted molar refractivity (Wildman–Crippen MR) is 143 cm³/mol.